The number of hydrogen-bond acceptors (Lipinski definition) is 8. The Morgan fingerprint density at radius 3 is 2.24 bits per heavy atom. The number of aryl methyl sites for hydroxylation is 2. The van der Waals surface area contributed by atoms with Crippen molar-refractivity contribution in [1.82, 2.24) is 20.4 Å². The van der Waals surface area contributed by atoms with Crippen LogP contribution in [0.15, 0.2) is 56.5 Å². The number of rotatable bonds is 6. The highest BCUT2D eigenvalue weighted by molar-refractivity contribution is 7.99. The molecule has 0 aliphatic carbocycles. The Bertz CT molecular complexity index is 1120. The summed E-state index contributed by atoms with van der Waals surface area (Å²) in [5, 5.41) is 16.9. The van der Waals surface area contributed by atoms with E-state index in [1.165, 1.54) is 22.9 Å². The zero-order valence-corrected chi connectivity index (χ0v) is 17.4. The molecule has 8 heteroatoms. The molecule has 29 heavy (non-hydrogen) atoms. The Labute approximate surface area is 172 Å². The summed E-state index contributed by atoms with van der Waals surface area (Å²) in [4.78, 5) is 0. The summed E-state index contributed by atoms with van der Waals surface area (Å²) >= 11 is 1.38. The first-order chi connectivity index (χ1) is 14.0. The Morgan fingerprint density at radius 2 is 1.52 bits per heavy atom. The number of benzene rings is 2. The van der Waals surface area contributed by atoms with E-state index in [1.54, 1.807) is 7.11 Å². The van der Waals surface area contributed by atoms with Crippen LogP contribution in [0.5, 0.6) is 5.75 Å². The summed E-state index contributed by atoms with van der Waals surface area (Å²) in [6, 6.07) is 13.5. The lowest BCUT2D eigenvalue weighted by Crippen LogP contribution is -1.88. The lowest BCUT2D eigenvalue weighted by molar-refractivity contribution is 0.415. The first-order valence-electron chi connectivity index (χ1n) is 9.09. The van der Waals surface area contributed by atoms with Gasteiger partial charge in [-0.2, -0.15) is 0 Å². The minimum absolute atomic E-state index is 0.137. The maximum atomic E-state index is 5.82. The summed E-state index contributed by atoms with van der Waals surface area (Å²) in [7, 11) is 1.63. The predicted octanol–water partition coefficient (Wildman–Crippen LogP) is 5.27. The Kier molecular flexibility index (Phi) is 5.35. The third kappa shape index (κ3) is 4.17. The molecule has 0 spiro atoms. The fraction of sp³-hybridized carbons (Fsp3) is 0.238. The average Bonchev–Trinajstić information content (AvgIpc) is 3.40. The minimum Gasteiger partial charge on any atom is -0.497 e. The Balaban J connectivity index is 1.47. The standard InChI is InChI=1S/C21H20N4O3S/c1-12-5-6-16(11-13(12)2)20-24-25-21(28-20)29-14(3)18-22-23-19(27-18)15-7-9-17(26-4)10-8-15/h5-11,14H,1-4H3. The molecule has 148 valence electrons. The largest absolute Gasteiger partial charge is 0.497 e. The predicted molar refractivity (Wildman–Crippen MR) is 110 cm³/mol. The zero-order valence-electron chi connectivity index (χ0n) is 16.5. The van der Waals surface area contributed by atoms with E-state index >= 15 is 0 Å². The Hall–Kier alpha value is -3.13. The molecule has 0 aliphatic rings. The molecule has 0 N–H and O–H groups in total. The fourth-order valence-corrected chi connectivity index (χ4v) is 3.41. The van der Waals surface area contributed by atoms with Crippen molar-refractivity contribution in [1.29, 1.82) is 0 Å². The van der Waals surface area contributed by atoms with E-state index in [2.05, 4.69) is 34.2 Å². The molecule has 4 aromatic rings. The number of thioether (sulfide) groups is 1. The number of ether oxygens (including phenoxy) is 1. The van der Waals surface area contributed by atoms with Gasteiger partial charge in [-0.25, -0.2) is 0 Å². The van der Waals surface area contributed by atoms with Crippen LogP contribution < -0.4 is 4.74 Å². The summed E-state index contributed by atoms with van der Waals surface area (Å²) in [5.74, 6) is 2.21. The van der Waals surface area contributed by atoms with Crippen LogP contribution >= 0.6 is 11.8 Å². The van der Waals surface area contributed by atoms with Gasteiger partial charge in [-0.1, -0.05) is 17.8 Å². The van der Waals surface area contributed by atoms with E-state index in [9.17, 15) is 0 Å². The highest BCUT2D eigenvalue weighted by Crippen LogP contribution is 2.35. The molecule has 2 heterocycles. The van der Waals surface area contributed by atoms with Crippen LogP contribution in [0.4, 0.5) is 0 Å². The molecule has 1 atom stereocenters. The van der Waals surface area contributed by atoms with E-state index in [1.807, 2.05) is 49.4 Å². The van der Waals surface area contributed by atoms with Gasteiger partial charge in [0.05, 0.1) is 12.4 Å². The quantitative estimate of drug-likeness (QED) is 0.399. The molecular weight excluding hydrogens is 388 g/mol. The number of methoxy groups -OCH3 is 1. The maximum Gasteiger partial charge on any atom is 0.277 e. The topological polar surface area (TPSA) is 87.1 Å². The molecule has 0 saturated carbocycles. The van der Waals surface area contributed by atoms with Crippen molar-refractivity contribution in [3.8, 4) is 28.7 Å². The molecule has 0 amide bonds. The van der Waals surface area contributed by atoms with Gasteiger partial charge in [-0.15, -0.1) is 20.4 Å². The SMILES string of the molecule is COc1ccc(-c2nnc(C(C)Sc3nnc(-c4ccc(C)c(C)c4)o3)o2)cc1. The molecule has 0 saturated heterocycles. The molecule has 4 rings (SSSR count). The summed E-state index contributed by atoms with van der Waals surface area (Å²) in [6.07, 6.45) is 0. The summed E-state index contributed by atoms with van der Waals surface area (Å²) in [5.41, 5.74) is 4.14. The normalized spacial score (nSPS) is 12.1. The van der Waals surface area contributed by atoms with Gasteiger partial charge in [-0.05, 0) is 68.3 Å². The van der Waals surface area contributed by atoms with Crippen molar-refractivity contribution in [3.63, 3.8) is 0 Å². The lowest BCUT2D eigenvalue weighted by atomic mass is 10.1. The first-order valence-corrected chi connectivity index (χ1v) is 9.97. The molecule has 0 radical (unpaired) electrons. The van der Waals surface area contributed by atoms with E-state index in [0.717, 1.165) is 16.9 Å². The van der Waals surface area contributed by atoms with Gasteiger partial charge in [0.2, 0.25) is 17.7 Å². The van der Waals surface area contributed by atoms with E-state index in [4.69, 9.17) is 13.6 Å². The van der Waals surface area contributed by atoms with Crippen LogP contribution in [0, 0.1) is 13.8 Å². The molecule has 2 aromatic carbocycles. The minimum atomic E-state index is -0.137. The maximum absolute atomic E-state index is 5.82. The highest BCUT2D eigenvalue weighted by atomic mass is 32.2. The van der Waals surface area contributed by atoms with Crippen molar-refractivity contribution in [3.05, 3.63) is 59.5 Å². The third-order valence-electron chi connectivity index (χ3n) is 4.56. The highest BCUT2D eigenvalue weighted by Gasteiger charge is 2.20. The lowest BCUT2D eigenvalue weighted by Gasteiger charge is -2.03. The van der Waals surface area contributed by atoms with Gasteiger partial charge in [0, 0.05) is 11.1 Å². The van der Waals surface area contributed by atoms with Crippen LogP contribution in [0.2, 0.25) is 0 Å². The third-order valence-corrected chi connectivity index (χ3v) is 5.49. The fourth-order valence-electron chi connectivity index (χ4n) is 2.70. The van der Waals surface area contributed by atoms with Crippen molar-refractivity contribution in [2.24, 2.45) is 0 Å². The molecule has 1 unspecified atom stereocenters. The average molecular weight is 408 g/mol. The van der Waals surface area contributed by atoms with Crippen molar-refractivity contribution in [2.75, 3.05) is 7.11 Å². The van der Waals surface area contributed by atoms with E-state index in [0.29, 0.717) is 22.9 Å². The van der Waals surface area contributed by atoms with Crippen LogP contribution in [-0.4, -0.2) is 27.5 Å². The van der Waals surface area contributed by atoms with Crippen molar-refractivity contribution in [2.45, 2.75) is 31.2 Å². The smallest absolute Gasteiger partial charge is 0.277 e. The molecule has 2 aromatic heterocycles. The van der Waals surface area contributed by atoms with Gasteiger partial charge in [0.1, 0.15) is 5.75 Å². The molecular formula is C21H20N4O3S. The molecule has 0 fully saturated rings. The van der Waals surface area contributed by atoms with Gasteiger partial charge in [0.15, 0.2) is 0 Å². The zero-order chi connectivity index (χ0) is 20.4. The number of aromatic nitrogens is 4. The van der Waals surface area contributed by atoms with Crippen LogP contribution in [0.3, 0.4) is 0 Å². The van der Waals surface area contributed by atoms with Crippen molar-refractivity contribution < 1.29 is 13.6 Å². The molecule has 7 nitrogen and oxygen atoms in total. The van der Waals surface area contributed by atoms with E-state index < -0.39 is 0 Å². The molecule has 0 bridgehead atoms. The summed E-state index contributed by atoms with van der Waals surface area (Å²) < 4.78 is 16.8. The van der Waals surface area contributed by atoms with Gasteiger partial charge < -0.3 is 13.6 Å². The van der Waals surface area contributed by atoms with Crippen molar-refractivity contribution >= 4 is 11.8 Å². The number of nitrogens with zero attached hydrogens (tertiary/aromatic N) is 4. The van der Waals surface area contributed by atoms with Crippen LogP contribution in [0.25, 0.3) is 22.9 Å². The summed E-state index contributed by atoms with van der Waals surface area (Å²) in [6.45, 7) is 6.08. The van der Waals surface area contributed by atoms with Crippen LogP contribution in [0.1, 0.15) is 29.2 Å². The second kappa shape index (κ2) is 8.08. The second-order valence-corrected chi connectivity index (χ2v) is 7.90. The van der Waals surface area contributed by atoms with Gasteiger partial charge in [-0.3, -0.25) is 0 Å². The van der Waals surface area contributed by atoms with Gasteiger partial charge in [0.25, 0.3) is 5.22 Å². The second-order valence-electron chi connectivity index (χ2n) is 6.61. The monoisotopic (exact) mass is 408 g/mol. The van der Waals surface area contributed by atoms with Crippen LogP contribution in [-0.2, 0) is 0 Å². The Morgan fingerprint density at radius 1 is 0.828 bits per heavy atom. The number of hydrogen-bond donors (Lipinski definition) is 0. The molecule has 0 aliphatic heterocycles. The van der Waals surface area contributed by atoms with E-state index in [-0.39, 0.29) is 5.25 Å². The van der Waals surface area contributed by atoms with Gasteiger partial charge >= 0.3 is 0 Å². The first kappa shape index (κ1) is 19.2.